The van der Waals surface area contributed by atoms with Gasteiger partial charge >= 0.3 is 0 Å². The summed E-state index contributed by atoms with van der Waals surface area (Å²) in [6.45, 7) is 0.564. The molecule has 0 saturated carbocycles. The summed E-state index contributed by atoms with van der Waals surface area (Å²) in [6, 6.07) is 2.99. The van der Waals surface area contributed by atoms with E-state index in [9.17, 15) is 9.59 Å². The standard InChI is InChI=1S/C11H14N2O3/c14-7-8-3-2-6-13(8)11(16)9-4-1-5-12-10(9)15/h1,4-5,8,14H,2-3,6-7H2,(H,12,15). The maximum Gasteiger partial charge on any atom is 0.260 e. The first-order valence-corrected chi connectivity index (χ1v) is 5.33. The third-order valence-corrected chi connectivity index (χ3v) is 2.90. The zero-order valence-electron chi connectivity index (χ0n) is 8.85. The van der Waals surface area contributed by atoms with Gasteiger partial charge in [-0.15, -0.1) is 0 Å². The highest BCUT2D eigenvalue weighted by molar-refractivity contribution is 5.94. The molecule has 5 heteroatoms. The molecule has 0 radical (unpaired) electrons. The molecule has 2 rings (SSSR count). The molecular formula is C11H14N2O3. The highest BCUT2D eigenvalue weighted by Gasteiger charge is 2.29. The number of amides is 1. The Bertz CT molecular complexity index is 441. The third-order valence-electron chi connectivity index (χ3n) is 2.90. The summed E-state index contributed by atoms with van der Waals surface area (Å²) in [5, 5.41) is 9.12. The summed E-state index contributed by atoms with van der Waals surface area (Å²) in [5.41, 5.74) is -0.237. The predicted octanol–water partition coefficient (Wildman–Crippen LogP) is -0.0282. The molecular weight excluding hydrogens is 208 g/mol. The van der Waals surface area contributed by atoms with E-state index < -0.39 is 0 Å². The quantitative estimate of drug-likeness (QED) is 0.738. The number of likely N-dealkylation sites (tertiary alicyclic amines) is 1. The largest absolute Gasteiger partial charge is 0.394 e. The van der Waals surface area contributed by atoms with E-state index in [2.05, 4.69) is 4.98 Å². The highest BCUT2D eigenvalue weighted by atomic mass is 16.3. The summed E-state index contributed by atoms with van der Waals surface area (Å²) < 4.78 is 0. The van der Waals surface area contributed by atoms with Gasteiger partial charge in [-0.1, -0.05) is 0 Å². The van der Waals surface area contributed by atoms with Crippen molar-refractivity contribution in [2.24, 2.45) is 0 Å². The zero-order chi connectivity index (χ0) is 11.5. The summed E-state index contributed by atoms with van der Waals surface area (Å²) >= 11 is 0. The lowest BCUT2D eigenvalue weighted by Crippen LogP contribution is -2.39. The van der Waals surface area contributed by atoms with Gasteiger partial charge in [0.05, 0.1) is 12.6 Å². The highest BCUT2D eigenvalue weighted by Crippen LogP contribution is 2.18. The lowest BCUT2D eigenvalue weighted by atomic mass is 10.2. The number of aromatic nitrogens is 1. The Morgan fingerprint density at radius 3 is 3.12 bits per heavy atom. The van der Waals surface area contributed by atoms with E-state index in [1.165, 1.54) is 12.3 Å². The number of H-pyrrole nitrogens is 1. The number of aliphatic hydroxyl groups excluding tert-OH is 1. The van der Waals surface area contributed by atoms with Crippen molar-refractivity contribution in [1.82, 2.24) is 9.88 Å². The minimum Gasteiger partial charge on any atom is -0.394 e. The minimum absolute atomic E-state index is 0.0452. The lowest BCUT2D eigenvalue weighted by Gasteiger charge is -2.22. The maximum absolute atomic E-state index is 12.0. The van der Waals surface area contributed by atoms with Crippen LogP contribution in [-0.4, -0.2) is 40.1 Å². The van der Waals surface area contributed by atoms with Crippen LogP contribution >= 0.6 is 0 Å². The van der Waals surface area contributed by atoms with Crippen LogP contribution in [0.4, 0.5) is 0 Å². The van der Waals surface area contributed by atoms with Crippen LogP contribution in [-0.2, 0) is 0 Å². The molecule has 86 valence electrons. The summed E-state index contributed by atoms with van der Waals surface area (Å²) in [4.78, 5) is 27.5. The molecule has 2 heterocycles. The first kappa shape index (κ1) is 10.9. The molecule has 1 aromatic heterocycles. The molecule has 1 saturated heterocycles. The smallest absolute Gasteiger partial charge is 0.260 e. The number of rotatable bonds is 2. The second-order valence-corrected chi connectivity index (χ2v) is 3.89. The molecule has 0 spiro atoms. The van der Waals surface area contributed by atoms with Crippen LogP contribution in [0.1, 0.15) is 23.2 Å². The number of hydrogen-bond donors (Lipinski definition) is 2. The molecule has 1 fully saturated rings. The fraction of sp³-hybridized carbons (Fsp3) is 0.455. The molecule has 1 aliphatic heterocycles. The Hall–Kier alpha value is -1.62. The van der Waals surface area contributed by atoms with Crippen molar-refractivity contribution in [2.75, 3.05) is 13.2 Å². The Kier molecular flexibility index (Phi) is 3.05. The monoisotopic (exact) mass is 222 g/mol. The zero-order valence-corrected chi connectivity index (χ0v) is 8.85. The molecule has 2 N–H and O–H groups in total. The van der Waals surface area contributed by atoms with Crippen LogP contribution in [0.5, 0.6) is 0 Å². The number of hydrogen-bond acceptors (Lipinski definition) is 3. The van der Waals surface area contributed by atoms with Crippen LogP contribution in [0.25, 0.3) is 0 Å². The van der Waals surface area contributed by atoms with Crippen LogP contribution in [0.2, 0.25) is 0 Å². The van der Waals surface area contributed by atoms with Gasteiger partial charge in [-0.25, -0.2) is 0 Å². The van der Waals surface area contributed by atoms with Crippen LogP contribution in [0, 0.1) is 0 Å². The van der Waals surface area contributed by atoms with Gasteiger partial charge in [-0.2, -0.15) is 0 Å². The summed E-state index contributed by atoms with van der Waals surface area (Å²) in [5.74, 6) is -0.293. The average molecular weight is 222 g/mol. The van der Waals surface area contributed by atoms with Gasteiger partial charge < -0.3 is 15.0 Å². The Morgan fingerprint density at radius 2 is 2.44 bits per heavy atom. The lowest BCUT2D eigenvalue weighted by molar-refractivity contribution is 0.0676. The molecule has 0 bridgehead atoms. The van der Waals surface area contributed by atoms with E-state index >= 15 is 0 Å². The summed E-state index contributed by atoms with van der Waals surface area (Å²) in [7, 11) is 0. The molecule has 1 aromatic rings. The van der Waals surface area contributed by atoms with E-state index in [1.54, 1.807) is 11.0 Å². The van der Waals surface area contributed by atoms with Crippen molar-refractivity contribution in [3.05, 3.63) is 34.2 Å². The van der Waals surface area contributed by atoms with E-state index in [0.29, 0.717) is 6.54 Å². The number of aromatic amines is 1. The second kappa shape index (κ2) is 4.49. The first-order chi connectivity index (χ1) is 7.74. The van der Waals surface area contributed by atoms with E-state index in [0.717, 1.165) is 12.8 Å². The molecule has 1 unspecified atom stereocenters. The number of pyridine rings is 1. The normalized spacial score (nSPS) is 20.1. The number of carbonyl (C=O) groups is 1. The second-order valence-electron chi connectivity index (χ2n) is 3.89. The fourth-order valence-corrected chi connectivity index (χ4v) is 2.04. The molecule has 0 aliphatic carbocycles. The fourth-order valence-electron chi connectivity index (χ4n) is 2.04. The maximum atomic E-state index is 12.0. The summed E-state index contributed by atoms with van der Waals surface area (Å²) in [6.07, 6.45) is 3.17. The minimum atomic E-state index is -0.379. The molecule has 1 amide bonds. The van der Waals surface area contributed by atoms with Crippen molar-refractivity contribution in [1.29, 1.82) is 0 Å². The van der Waals surface area contributed by atoms with E-state index in [1.807, 2.05) is 0 Å². The molecule has 5 nitrogen and oxygen atoms in total. The van der Waals surface area contributed by atoms with Crippen molar-refractivity contribution < 1.29 is 9.90 Å². The van der Waals surface area contributed by atoms with Crippen LogP contribution in [0.3, 0.4) is 0 Å². The van der Waals surface area contributed by atoms with Gasteiger partial charge in [-0.3, -0.25) is 9.59 Å². The van der Waals surface area contributed by atoms with Gasteiger partial charge in [0, 0.05) is 12.7 Å². The van der Waals surface area contributed by atoms with Crippen LogP contribution in [0.15, 0.2) is 23.1 Å². The van der Waals surface area contributed by atoms with Gasteiger partial charge in [0.15, 0.2) is 0 Å². The van der Waals surface area contributed by atoms with E-state index in [-0.39, 0.29) is 29.7 Å². The predicted molar refractivity (Wildman–Crippen MR) is 58.2 cm³/mol. The Balaban J connectivity index is 2.26. The number of carbonyl (C=O) groups excluding carboxylic acids is 1. The topological polar surface area (TPSA) is 73.4 Å². The van der Waals surface area contributed by atoms with Crippen molar-refractivity contribution in [3.63, 3.8) is 0 Å². The molecule has 0 aromatic carbocycles. The first-order valence-electron chi connectivity index (χ1n) is 5.33. The third kappa shape index (κ3) is 1.86. The Labute approximate surface area is 92.7 Å². The van der Waals surface area contributed by atoms with Gasteiger partial charge in [0.2, 0.25) is 0 Å². The molecule has 1 aliphatic rings. The number of nitrogens with zero attached hydrogens (tertiary/aromatic N) is 1. The van der Waals surface area contributed by atoms with Gasteiger partial charge in [0.25, 0.3) is 11.5 Å². The molecule has 16 heavy (non-hydrogen) atoms. The van der Waals surface area contributed by atoms with E-state index in [4.69, 9.17) is 5.11 Å². The number of aliphatic hydroxyl groups is 1. The van der Waals surface area contributed by atoms with Crippen LogP contribution < -0.4 is 5.56 Å². The van der Waals surface area contributed by atoms with Crippen molar-refractivity contribution in [2.45, 2.75) is 18.9 Å². The van der Waals surface area contributed by atoms with Gasteiger partial charge in [-0.05, 0) is 25.0 Å². The van der Waals surface area contributed by atoms with Crippen molar-refractivity contribution >= 4 is 5.91 Å². The molecule has 1 atom stereocenters. The van der Waals surface area contributed by atoms with Crippen molar-refractivity contribution in [3.8, 4) is 0 Å². The van der Waals surface area contributed by atoms with Gasteiger partial charge in [0.1, 0.15) is 5.56 Å². The average Bonchev–Trinajstić information content (AvgIpc) is 2.77. The Morgan fingerprint density at radius 1 is 1.62 bits per heavy atom. The number of nitrogens with one attached hydrogen (secondary N) is 1. The SMILES string of the molecule is O=C(c1ccc[nH]c1=O)N1CCCC1CO.